The van der Waals surface area contributed by atoms with E-state index < -0.39 is 40.8 Å². The molecule has 0 spiro atoms. The van der Waals surface area contributed by atoms with Gasteiger partial charge in [-0.2, -0.15) is 8.78 Å². The van der Waals surface area contributed by atoms with Crippen molar-refractivity contribution >= 4 is 11.8 Å². The first-order valence-electron chi connectivity index (χ1n) is 5.56. The Morgan fingerprint density at radius 2 is 1.60 bits per heavy atom. The van der Waals surface area contributed by atoms with E-state index in [-0.39, 0.29) is 31.9 Å². The van der Waals surface area contributed by atoms with E-state index in [0.717, 1.165) is 0 Å². The van der Waals surface area contributed by atoms with Gasteiger partial charge in [0.05, 0.1) is 6.61 Å². The van der Waals surface area contributed by atoms with Crippen molar-refractivity contribution in [2.45, 2.75) is 19.3 Å². The summed E-state index contributed by atoms with van der Waals surface area (Å²) < 4.78 is 56.5. The molecule has 110 valence electrons. The van der Waals surface area contributed by atoms with Crippen molar-refractivity contribution in [3.63, 3.8) is 0 Å². The number of benzene rings is 1. The number of aliphatic carboxylic acids is 1. The van der Waals surface area contributed by atoms with E-state index in [1.807, 2.05) is 0 Å². The van der Waals surface area contributed by atoms with Gasteiger partial charge in [0.15, 0.2) is 17.4 Å². The number of ether oxygens (including phenoxy) is 1. The van der Waals surface area contributed by atoms with E-state index in [9.17, 15) is 27.2 Å². The molecular formula is C12H10F4O4. The van der Waals surface area contributed by atoms with Crippen LogP contribution in [0.2, 0.25) is 0 Å². The number of carboxylic acid groups (broad SMARTS) is 1. The van der Waals surface area contributed by atoms with Gasteiger partial charge in [-0.15, -0.1) is 0 Å². The van der Waals surface area contributed by atoms with Crippen LogP contribution in [0.25, 0.3) is 0 Å². The molecule has 0 amide bonds. The number of hydrogen-bond acceptors (Lipinski definition) is 3. The molecular weight excluding hydrogens is 284 g/mol. The van der Waals surface area contributed by atoms with Crippen molar-refractivity contribution in [3.8, 4) is 5.75 Å². The van der Waals surface area contributed by atoms with Crippen molar-refractivity contribution in [2.75, 3.05) is 6.61 Å². The average Bonchev–Trinajstić information content (AvgIpc) is 2.39. The van der Waals surface area contributed by atoms with Gasteiger partial charge in [-0.25, -0.2) is 13.6 Å². The summed E-state index contributed by atoms with van der Waals surface area (Å²) in [7, 11) is 0. The third kappa shape index (κ3) is 3.94. The molecule has 0 fully saturated rings. The molecule has 4 nitrogen and oxygen atoms in total. The number of carboxylic acids is 1. The molecule has 0 aromatic heterocycles. The van der Waals surface area contributed by atoms with Crippen LogP contribution in [-0.4, -0.2) is 23.5 Å². The lowest BCUT2D eigenvalue weighted by molar-refractivity contribution is -0.149. The van der Waals surface area contributed by atoms with Crippen LogP contribution in [0.3, 0.4) is 0 Å². The summed E-state index contributed by atoms with van der Waals surface area (Å²) in [5.41, 5.74) is 0. The monoisotopic (exact) mass is 294 g/mol. The Labute approximate surface area is 111 Å². The topological polar surface area (TPSA) is 63.6 Å². The van der Waals surface area contributed by atoms with Crippen LogP contribution >= 0.6 is 0 Å². The molecule has 20 heavy (non-hydrogen) atoms. The van der Waals surface area contributed by atoms with Gasteiger partial charge in [-0.1, -0.05) is 0 Å². The summed E-state index contributed by atoms with van der Waals surface area (Å²) in [4.78, 5) is 20.9. The lowest BCUT2D eigenvalue weighted by Crippen LogP contribution is -2.12. The molecule has 0 unspecified atom stereocenters. The van der Waals surface area contributed by atoms with Crippen molar-refractivity contribution < 1.29 is 37.0 Å². The fraction of sp³-hybridized carbons (Fsp3) is 0.333. The molecule has 0 saturated carbocycles. The Morgan fingerprint density at radius 1 is 1.05 bits per heavy atom. The van der Waals surface area contributed by atoms with Crippen molar-refractivity contribution in [1.82, 2.24) is 0 Å². The van der Waals surface area contributed by atoms with Crippen LogP contribution in [0, 0.1) is 23.3 Å². The molecule has 8 heteroatoms. The number of halogens is 4. The molecule has 1 aromatic rings. The maximum atomic E-state index is 13.1. The van der Waals surface area contributed by atoms with E-state index in [1.165, 1.54) is 0 Å². The molecule has 1 N–H and O–H groups in total. The van der Waals surface area contributed by atoms with Gasteiger partial charge in [-0.05, 0) is 12.8 Å². The molecule has 0 aliphatic rings. The predicted octanol–water partition coefficient (Wildman–Crippen LogP) is 2.45. The molecule has 0 atom stereocenters. The minimum atomic E-state index is -1.65. The molecule has 0 aliphatic carbocycles. The summed E-state index contributed by atoms with van der Waals surface area (Å²) in [5.74, 6) is -10.2. The number of carbonyl (C=O) groups is 2. The maximum absolute atomic E-state index is 13.1. The lowest BCUT2D eigenvalue weighted by atomic mass is 10.2. The summed E-state index contributed by atoms with van der Waals surface area (Å²) in [6.45, 7) is -0.316. The van der Waals surface area contributed by atoms with Crippen molar-refractivity contribution in [3.05, 3.63) is 29.3 Å². The third-order valence-electron chi connectivity index (χ3n) is 2.35. The highest BCUT2D eigenvalue weighted by molar-refractivity contribution is 6.32. The molecule has 1 rings (SSSR count). The van der Waals surface area contributed by atoms with Gasteiger partial charge >= 0.3 is 5.97 Å². The first-order valence-corrected chi connectivity index (χ1v) is 5.56. The number of carbonyl (C=O) groups excluding carboxylic acids is 1. The number of Topliss-reactive ketones (excluding diaryl/α,β-unsaturated/α-hetero) is 1. The van der Waals surface area contributed by atoms with Crippen LogP contribution in [0.4, 0.5) is 17.6 Å². The first kappa shape index (κ1) is 15.9. The summed E-state index contributed by atoms with van der Waals surface area (Å²) in [6.07, 6.45) is -0.0661. The summed E-state index contributed by atoms with van der Waals surface area (Å²) >= 11 is 0. The largest absolute Gasteiger partial charge is 0.487 e. The molecule has 0 aliphatic heterocycles. The SMILES string of the molecule is O=C(O)C(=O)CCCCOc1c(F)c(F)cc(F)c1F. The van der Waals surface area contributed by atoms with Crippen LogP contribution < -0.4 is 4.74 Å². The second-order valence-corrected chi connectivity index (χ2v) is 3.83. The van der Waals surface area contributed by atoms with E-state index in [2.05, 4.69) is 4.74 Å². The Bertz CT molecular complexity index is 504. The minimum absolute atomic E-state index is 0.0586. The number of ketones is 1. The van der Waals surface area contributed by atoms with Crippen LogP contribution in [0.15, 0.2) is 6.07 Å². The van der Waals surface area contributed by atoms with E-state index in [1.54, 1.807) is 0 Å². The fourth-order valence-corrected chi connectivity index (χ4v) is 1.35. The maximum Gasteiger partial charge on any atom is 0.372 e. The zero-order valence-electron chi connectivity index (χ0n) is 10.1. The van der Waals surface area contributed by atoms with Gasteiger partial charge in [0, 0.05) is 12.5 Å². The zero-order chi connectivity index (χ0) is 15.3. The minimum Gasteiger partial charge on any atom is -0.487 e. The van der Waals surface area contributed by atoms with Crippen LogP contribution in [0.5, 0.6) is 5.75 Å². The van der Waals surface area contributed by atoms with E-state index in [0.29, 0.717) is 0 Å². The highest BCUT2D eigenvalue weighted by Gasteiger charge is 2.20. The van der Waals surface area contributed by atoms with Gasteiger partial charge in [0.1, 0.15) is 0 Å². The van der Waals surface area contributed by atoms with Crippen molar-refractivity contribution in [1.29, 1.82) is 0 Å². The fourth-order valence-electron chi connectivity index (χ4n) is 1.35. The zero-order valence-corrected chi connectivity index (χ0v) is 10.1. The van der Waals surface area contributed by atoms with E-state index in [4.69, 9.17) is 5.11 Å². The predicted molar refractivity (Wildman–Crippen MR) is 58.3 cm³/mol. The number of unbranched alkanes of at least 4 members (excludes halogenated alkanes) is 1. The molecule has 0 radical (unpaired) electrons. The smallest absolute Gasteiger partial charge is 0.372 e. The molecule has 0 heterocycles. The van der Waals surface area contributed by atoms with Gasteiger partial charge < -0.3 is 9.84 Å². The Balaban J connectivity index is 2.51. The highest BCUT2D eigenvalue weighted by atomic mass is 19.2. The van der Waals surface area contributed by atoms with Crippen LogP contribution in [-0.2, 0) is 9.59 Å². The van der Waals surface area contributed by atoms with Crippen molar-refractivity contribution in [2.24, 2.45) is 0 Å². The molecule has 0 saturated heterocycles. The average molecular weight is 294 g/mol. The summed E-state index contributed by atoms with van der Waals surface area (Å²) in [5, 5.41) is 8.29. The van der Waals surface area contributed by atoms with Crippen LogP contribution in [0.1, 0.15) is 19.3 Å². The quantitative estimate of drug-likeness (QED) is 0.363. The Morgan fingerprint density at radius 3 is 2.10 bits per heavy atom. The van der Waals surface area contributed by atoms with E-state index >= 15 is 0 Å². The van der Waals surface area contributed by atoms with Gasteiger partial charge in [0.2, 0.25) is 17.4 Å². The number of hydrogen-bond donors (Lipinski definition) is 1. The first-order chi connectivity index (χ1) is 9.34. The second kappa shape index (κ2) is 6.88. The third-order valence-corrected chi connectivity index (χ3v) is 2.35. The highest BCUT2D eigenvalue weighted by Crippen LogP contribution is 2.26. The standard InChI is InChI=1S/C12H10F4O4/c13-6-5-7(14)10(16)11(9(6)15)20-4-2-1-3-8(17)12(18)19/h5H,1-4H2,(H,18,19). The summed E-state index contributed by atoms with van der Waals surface area (Å²) in [6, 6.07) is 0.0586. The number of rotatable bonds is 7. The molecule has 0 bridgehead atoms. The normalized spacial score (nSPS) is 10.4. The van der Waals surface area contributed by atoms with Gasteiger partial charge in [-0.3, -0.25) is 4.79 Å². The Hall–Kier alpha value is -2.12. The van der Waals surface area contributed by atoms with Gasteiger partial charge in [0.25, 0.3) is 0 Å². The molecule has 1 aromatic carbocycles. The second-order valence-electron chi connectivity index (χ2n) is 3.83. The Kier molecular flexibility index (Phi) is 5.48. The lowest BCUT2D eigenvalue weighted by Gasteiger charge is -2.09.